The molecule has 3 aliphatic rings. The van der Waals surface area contributed by atoms with E-state index in [0.29, 0.717) is 23.7 Å². The maximum absolute atomic E-state index is 13.0. The van der Waals surface area contributed by atoms with E-state index in [1.54, 1.807) is 6.20 Å². The second-order valence-corrected chi connectivity index (χ2v) is 9.54. The first-order chi connectivity index (χ1) is 16.7. The van der Waals surface area contributed by atoms with Crippen molar-refractivity contribution >= 4 is 23.3 Å². The van der Waals surface area contributed by atoms with E-state index >= 15 is 0 Å². The number of aliphatic carboxylic acids is 1. The first-order valence-corrected chi connectivity index (χ1v) is 11.8. The third kappa shape index (κ3) is 5.12. The molecule has 35 heavy (non-hydrogen) atoms. The van der Waals surface area contributed by atoms with Crippen LogP contribution in [0.15, 0.2) is 41.5 Å². The summed E-state index contributed by atoms with van der Waals surface area (Å²) < 4.78 is 45.0. The Kier molecular flexibility index (Phi) is 6.16. The standard InChI is InChI=1S/C25H27F3N4O3/c26-25(27,28)19-2-3-20-18(12-19)15-30-23(31-20)17-1-4-21(29-14-17)32-8-6-24(7-9-32)13-16(5-10-35-24)11-22(33)34/h1-4,12,14,16H,5-11,13,15H2,(H,30,31)(H,33,34). The summed E-state index contributed by atoms with van der Waals surface area (Å²) in [4.78, 5) is 22.3. The van der Waals surface area contributed by atoms with Gasteiger partial charge in [-0.05, 0) is 67.5 Å². The van der Waals surface area contributed by atoms with Gasteiger partial charge in [-0.2, -0.15) is 13.2 Å². The molecular weight excluding hydrogens is 461 g/mol. The zero-order chi connectivity index (χ0) is 24.6. The van der Waals surface area contributed by atoms with Crippen LogP contribution in [0.3, 0.4) is 0 Å². The number of aliphatic imine (C=N–C) groups is 1. The lowest BCUT2D eigenvalue weighted by Gasteiger charge is -2.46. The van der Waals surface area contributed by atoms with Crippen LogP contribution in [0, 0.1) is 5.92 Å². The SMILES string of the molecule is O=C(O)CC1CCOC2(CCN(c3ccc(C4=NCc5cc(C(F)(F)F)ccc5N4)cn3)CC2)C1. The molecular formula is C25H27F3N4O3. The number of pyridine rings is 1. The smallest absolute Gasteiger partial charge is 0.416 e. The van der Waals surface area contributed by atoms with Gasteiger partial charge in [0, 0.05) is 43.6 Å². The van der Waals surface area contributed by atoms with E-state index in [9.17, 15) is 18.0 Å². The number of carboxylic acid groups (broad SMARTS) is 1. The number of hydrogen-bond acceptors (Lipinski definition) is 6. The van der Waals surface area contributed by atoms with Gasteiger partial charge in [-0.25, -0.2) is 4.98 Å². The summed E-state index contributed by atoms with van der Waals surface area (Å²) in [6, 6.07) is 7.47. The number of nitrogens with zero attached hydrogens (tertiary/aromatic N) is 3. The fraction of sp³-hybridized carbons (Fsp3) is 0.480. The van der Waals surface area contributed by atoms with Crippen molar-refractivity contribution in [1.82, 2.24) is 4.98 Å². The molecule has 0 aliphatic carbocycles. The molecule has 2 N–H and O–H groups in total. The molecule has 2 saturated heterocycles. The van der Waals surface area contributed by atoms with Crippen molar-refractivity contribution in [2.45, 2.75) is 50.4 Å². The van der Waals surface area contributed by atoms with E-state index in [1.807, 2.05) is 12.1 Å². The van der Waals surface area contributed by atoms with Crippen LogP contribution in [0.5, 0.6) is 0 Å². The van der Waals surface area contributed by atoms with E-state index in [-0.39, 0.29) is 24.5 Å². The molecule has 0 radical (unpaired) electrons. The topological polar surface area (TPSA) is 87.0 Å². The number of nitrogens with one attached hydrogen (secondary N) is 1. The van der Waals surface area contributed by atoms with Crippen LogP contribution in [0.1, 0.15) is 48.8 Å². The Bertz CT molecular complexity index is 1130. The highest BCUT2D eigenvalue weighted by molar-refractivity contribution is 6.09. The number of piperidine rings is 1. The minimum absolute atomic E-state index is 0.166. The fourth-order valence-electron chi connectivity index (χ4n) is 5.27. The molecule has 1 unspecified atom stereocenters. The third-order valence-electron chi connectivity index (χ3n) is 7.17. The molecule has 1 aromatic heterocycles. The number of ether oxygens (including phenoxy) is 1. The van der Waals surface area contributed by atoms with E-state index in [1.165, 1.54) is 6.07 Å². The number of benzene rings is 1. The Morgan fingerprint density at radius 3 is 2.71 bits per heavy atom. The Morgan fingerprint density at radius 2 is 2.03 bits per heavy atom. The summed E-state index contributed by atoms with van der Waals surface area (Å²) in [6.45, 7) is 2.33. The molecule has 0 bridgehead atoms. The van der Waals surface area contributed by atoms with Crippen LogP contribution in [-0.4, -0.2) is 47.2 Å². The normalized spacial score (nSPS) is 21.7. The Morgan fingerprint density at radius 1 is 1.23 bits per heavy atom. The molecule has 2 aromatic rings. The van der Waals surface area contributed by atoms with Gasteiger partial charge in [0.2, 0.25) is 0 Å². The number of alkyl halides is 3. The Labute approximate surface area is 201 Å². The highest BCUT2D eigenvalue weighted by atomic mass is 19.4. The molecule has 10 heteroatoms. The van der Waals surface area contributed by atoms with Gasteiger partial charge in [0.15, 0.2) is 0 Å². The minimum Gasteiger partial charge on any atom is -0.481 e. The van der Waals surface area contributed by atoms with Crippen molar-refractivity contribution in [2.75, 3.05) is 29.9 Å². The van der Waals surface area contributed by atoms with E-state index in [2.05, 4.69) is 20.2 Å². The van der Waals surface area contributed by atoms with Crippen LogP contribution < -0.4 is 10.2 Å². The number of carboxylic acids is 1. The van der Waals surface area contributed by atoms with Crippen molar-refractivity contribution in [3.05, 3.63) is 53.2 Å². The highest BCUT2D eigenvalue weighted by Gasteiger charge is 2.41. The van der Waals surface area contributed by atoms with Crippen LogP contribution >= 0.6 is 0 Å². The summed E-state index contributed by atoms with van der Waals surface area (Å²) >= 11 is 0. The number of aromatic nitrogens is 1. The van der Waals surface area contributed by atoms with Gasteiger partial charge in [-0.3, -0.25) is 9.79 Å². The number of amidine groups is 1. The van der Waals surface area contributed by atoms with Gasteiger partial charge in [0.25, 0.3) is 0 Å². The van der Waals surface area contributed by atoms with E-state index < -0.39 is 17.7 Å². The molecule has 1 spiro atoms. The van der Waals surface area contributed by atoms with Gasteiger partial charge in [0.05, 0.1) is 17.7 Å². The average molecular weight is 489 g/mol. The second-order valence-electron chi connectivity index (χ2n) is 9.54. The van der Waals surface area contributed by atoms with Crippen molar-refractivity contribution in [2.24, 2.45) is 10.9 Å². The summed E-state index contributed by atoms with van der Waals surface area (Å²) in [5.41, 5.74) is 0.963. The van der Waals surface area contributed by atoms with Crippen molar-refractivity contribution in [3.63, 3.8) is 0 Å². The zero-order valence-corrected chi connectivity index (χ0v) is 19.1. The first-order valence-electron chi connectivity index (χ1n) is 11.8. The third-order valence-corrected chi connectivity index (χ3v) is 7.17. The predicted molar refractivity (Wildman–Crippen MR) is 125 cm³/mol. The molecule has 2 fully saturated rings. The summed E-state index contributed by atoms with van der Waals surface area (Å²) in [5, 5.41) is 12.3. The maximum Gasteiger partial charge on any atom is 0.416 e. The predicted octanol–water partition coefficient (Wildman–Crippen LogP) is 4.71. The van der Waals surface area contributed by atoms with Crippen molar-refractivity contribution < 1.29 is 27.8 Å². The number of rotatable bonds is 4. The lowest BCUT2D eigenvalue weighted by atomic mass is 9.78. The largest absolute Gasteiger partial charge is 0.481 e. The van der Waals surface area contributed by atoms with Gasteiger partial charge in [0.1, 0.15) is 11.7 Å². The molecule has 5 rings (SSSR count). The minimum atomic E-state index is -4.38. The Balaban J connectivity index is 1.21. The van der Waals surface area contributed by atoms with E-state index in [4.69, 9.17) is 9.84 Å². The number of carbonyl (C=O) groups is 1. The molecule has 7 nitrogen and oxygen atoms in total. The highest BCUT2D eigenvalue weighted by Crippen LogP contribution is 2.39. The molecule has 0 amide bonds. The van der Waals surface area contributed by atoms with Crippen LogP contribution in [0.2, 0.25) is 0 Å². The van der Waals surface area contributed by atoms with Gasteiger partial charge >= 0.3 is 12.1 Å². The van der Waals surface area contributed by atoms with Gasteiger partial charge in [-0.1, -0.05) is 0 Å². The summed E-state index contributed by atoms with van der Waals surface area (Å²) in [5.74, 6) is 0.835. The lowest BCUT2D eigenvalue weighted by Crippen LogP contribution is -2.49. The van der Waals surface area contributed by atoms with Crippen molar-refractivity contribution in [1.29, 1.82) is 0 Å². The molecule has 4 heterocycles. The van der Waals surface area contributed by atoms with Crippen LogP contribution in [0.4, 0.5) is 24.7 Å². The average Bonchev–Trinajstić information content (AvgIpc) is 2.83. The summed E-state index contributed by atoms with van der Waals surface area (Å²) in [6.07, 6.45) is 0.791. The maximum atomic E-state index is 13.0. The quantitative estimate of drug-likeness (QED) is 0.648. The fourth-order valence-corrected chi connectivity index (χ4v) is 5.27. The molecule has 186 valence electrons. The molecule has 3 aliphatic heterocycles. The van der Waals surface area contributed by atoms with Crippen molar-refractivity contribution in [3.8, 4) is 0 Å². The first kappa shape index (κ1) is 23.6. The second kappa shape index (κ2) is 9.14. The van der Waals surface area contributed by atoms with Crippen LogP contribution in [0.25, 0.3) is 0 Å². The number of anilines is 2. The Hall–Kier alpha value is -3.14. The van der Waals surface area contributed by atoms with E-state index in [0.717, 1.165) is 62.3 Å². The summed E-state index contributed by atoms with van der Waals surface area (Å²) in [7, 11) is 0. The molecule has 1 atom stereocenters. The monoisotopic (exact) mass is 488 g/mol. The molecule has 1 aromatic carbocycles. The zero-order valence-electron chi connectivity index (χ0n) is 19.1. The van der Waals surface area contributed by atoms with Crippen LogP contribution in [-0.2, 0) is 22.3 Å². The number of hydrogen-bond donors (Lipinski definition) is 2. The van der Waals surface area contributed by atoms with Gasteiger partial charge in [-0.15, -0.1) is 0 Å². The lowest BCUT2D eigenvalue weighted by molar-refractivity contribution is -0.143. The van der Waals surface area contributed by atoms with Gasteiger partial charge < -0.3 is 20.1 Å². The number of halogens is 3. The molecule has 0 saturated carbocycles. The number of fused-ring (bicyclic) bond motifs is 1.